The van der Waals surface area contributed by atoms with E-state index in [9.17, 15) is 4.79 Å². The molecule has 3 rings (SSSR count). The van der Waals surface area contributed by atoms with Crippen molar-refractivity contribution in [3.8, 4) is 0 Å². The number of fused-ring (bicyclic) bond motifs is 1. The highest BCUT2D eigenvalue weighted by molar-refractivity contribution is 5.96. The molecular formula is C27H36O. The number of hydrogen-bond donors (Lipinski definition) is 0. The minimum atomic E-state index is -0.132. The van der Waals surface area contributed by atoms with Crippen molar-refractivity contribution < 1.29 is 4.79 Å². The second-order valence-corrected chi connectivity index (χ2v) is 11.5. The lowest BCUT2D eigenvalue weighted by atomic mass is 9.76. The van der Waals surface area contributed by atoms with Gasteiger partial charge in [-0.2, -0.15) is 0 Å². The molecule has 0 aliphatic heterocycles. The average molecular weight is 377 g/mol. The van der Waals surface area contributed by atoms with Crippen LogP contribution in [0.3, 0.4) is 0 Å². The standard InChI is InChI=1S/C27H36O/c1-25(2,3)18-12-10-17(11-13-18)24-21-14-19(26(4,5)6)15-22(27(7,8)9)20(21)16-23(24)28/h10-15,24H,16H2,1-9H3. The van der Waals surface area contributed by atoms with Crippen LogP contribution in [0.2, 0.25) is 0 Å². The number of hydrogen-bond acceptors (Lipinski definition) is 1. The second-order valence-electron chi connectivity index (χ2n) is 11.5. The van der Waals surface area contributed by atoms with Gasteiger partial charge >= 0.3 is 0 Å². The zero-order valence-corrected chi connectivity index (χ0v) is 19.2. The highest BCUT2D eigenvalue weighted by Crippen LogP contribution is 2.43. The molecule has 150 valence electrons. The van der Waals surface area contributed by atoms with Crippen LogP contribution >= 0.6 is 0 Å². The Morgan fingerprint density at radius 1 is 0.714 bits per heavy atom. The molecular weight excluding hydrogens is 340 g/mol. The third-order valence-corrected chi connectivity index (χ3v) is 6.05. The maximum atomic E-state index is 13.2. The highest BCUT2D eigenvalue weighted by Gasteiger charge is 2.37. The Bertz CT molecular complexity index is 893. The third-order valence-electron chi connectivity index (χ3n) is 6.05. The first-order chi connectivity index (χ1) is 12.7. The van der Waals surface area contributed by atoms with Gasteiger partial charge in [-0.05, 0) is 49.6 Å². The molecule has 1 heteroatoms. The molecule has 1 atom stereocenters. The Morgan fingerprint density at radius 3 is 1.71 bits per heavy atom. The summed E-state index contributed by atoms with van der Waals surface area (Å²) in [5.74, 6) is 0.197. The third kappa shape index (κ3) is 3.81. The van der Waals surface area contributed by atoms with E-state index >= 15 is 0 Å². The van der Waals surface area contributed by atoms with Crippen molar-refractivity contribution in [2.45, 2.75) is 90.9 Å². The van der Waals surface area contributed by atoms with Gasteiger partial charge in [0, 0.05) is 6.42 Å². The van der Waals surface area contributed by atoms with E-state index in [-0.39, 0.29) is 22.2 Å². The van der Waals surface area contributed by atoms with E-state index in [1.807, 2.05) is 0 Å². The van der Waals surface area contributed by atoms with Crippen LogP contribution in [-0.4, -0.2) is 5.78 Å². The normalized spacial score (nSPS) is 17.8. The predicted octanol–water partition coefficient (Wildman–Crippen LogP) is 6.84. The number of rotatable bonds is 1. The first-order valence-electron chi connectivity index (χ1n) is 10.5. The van der Waals surface area contributed by atoms with Gasteiger partial charge in [-0.15, -0.1) is 0 Å². The predicted molar refractivity (Wildman–Crippen MR) is 120 cm³/mol. The lowest BCUT2D eigenvalue weighted by Crippen LogP contribution is -2.19. The van der Waals surface area contributed by atoms with Gasteiger partial charge in [-0.25, -0.2) is 0 Å². The van der Waals surface area contributed by atoms with Crippen LogP contribution in [0.15, 0.2) is 36.4 Å². The Balaban J connectivity index is 2.18. The molecule has 2 aromatic rings. The summed E-state index contributed by atoms with van der Waals surface area (Å²) in [6.45, 7) is 20.2. The van der Waals surface area contributed by atoms with E-state index in [0.29, 0.717) is 12.2 Å². The summed E-state index contributed by atoms with van der Waals surface area (Å²) in [6.07, 6.45) is 0.554. The summed E-state index contributed by atoms with van der Waals surface area (Å²) < 4.78 is 0. The van der Waals surface area contributed by atoms with E-state index in [4.69, 9.17) is 0 Å². The molecule has 0 N–H and O–H groups in total. The molecule has 2 aromatic carbocycles. The van der Waals surface area contributed by atoms with E-state index in [2.05, 4.69) is 98.7 Å². The van der Waals surface area contributed by atoms with Gasteiger partial charge in [0.2, 0.25) is 0 Å². The maximum absolute atomic E-state index is 13.2. The molecule has 28 heavy (non-hydrogen) atoms. The fourth-order valence-electron chi connectivity index (χ4n) is 4.24. The Kier molecular flexibility index (Phi) is 4.89. The van der Waals surface area contributed by atoms with Gasteiger partial charge in [-0.1, -0.05) is 98.7 Å². The van der Waals surface area contributed by atoms with Gasteiger partial charge < -0.3 is 0 Å². The zero-order chi connectivity index (χ0) is 21.1. The van der Waals surface area contributed by atoms with E-state index in [1.54, 1.807) is 0 Å². The van der Waals surface area contributed by atoms with E-state index < -0.39 is 0 Å². The number of carbonyl (C=O) groups excluding carboxylic acids is 1. The van der Waals surface area contributed by atoms with Gasteiger partial charge in [0.25, 0.3) is 0 Å². The summed E-state index contributed by atoms with van der Waals surface area (Å²) in [4.78, 5) is 13.2. The quantitative estimate of drug-likeness (QED) is 0.533. The molecule has 0 amide bonds. The van der Waals surface area contributed by atoms with Crippen molar-refractivity contribution in [3.63, 3.8) is 0 Å². The van der Waals surface area contributed by atoms with Crippen molar-refractivity contribution >= 4 is 5.78 Å². The summed E-state index contributed by atoms with van der Waals surface area (Å²) >= 11 is 0. The van der Waals surface area contributed by atoms with Crippen LogP contribution in [0, 0.1) is 0 Å². The van der Waals surface area contributed by atoms with Crippen molar-refractivity contribution in [1.29, 1.82) is 0 Å². The molecule has 0 aromatic heterocycles. The fraction of sp³-hybridized carbons (Fsp3) is 0.519. The van der Waals surface area contributed by atoms with Crippen molar-refractivity contribution in [2.75, 3.05) is 0 Å². The Morgan fingerprint density at radius 2 is 1.25 bits per heavy atom. The molecule has 0 heterocycles. The number of ketones is 1. The Hall–Kier alpha value is -1.89. The first-order valence-corrected chi connectivity index (χ1v) is 10.5. The maximum Gasteiger partial charge on any atom is 0.149 e. The largest absolute Gasteiger partial charge is 0.298 e. The lowest BCUT2D eigenvalue weighted by Gasteiger charge is -2.28. The van der Waals surface area contributed by atoms with Gasteiger partial charge in [0.05, 0.1) is 5.92 Å². The smallest absolute Gasteiger partial charge is 0.149 e. The monoisotopic (exact) mass is 376 g/mol. The van der Waals surface area contributed by atoms with Crippen LogP contribution in [-0.2, 0) is 27.5 Å². The summed E-state index contributed by atoms with van der Waals surface area (Å²) in [7, 11) is 0. The summed E-state index contributed by atoms with van der Waals surface area (Å²) in [5, 5.41) is 0. The van der Waals surface area contributed by atoms with Crippen LogP contribution in [0.25, 0.3) is 0 Å². The molecule has 0 spiro atoms. The molecule has 0 saturated heterocycles. The van der Waals surface area contributed by atoms with Crippen molar-refractivity contribution in [1.82, 2.24) is 0 Å². The van der Waals surface area contributed by atoms with E-state index in [0.717, 1.165) is 5.56 Å². The zero-order valence-electron chi connectivity index (χ0n) is 19.2. The van der Waals surface area contributed by atoms with Crippen LogP contribution < -0.4 is 0 Å². The molecule has 0 saturated carbocycles. The Labute approximate surface area is 171 Å². The van der Waals surface area contributed by atoms with Crippen molar-refractivity contribution in [3.05, 3.63) is 69.8 Å². The molecule has 1 unspecified atom stereocenters. The topological polar surface area (TPSA) is 17.1 Å². The second kappa shape index (κ2) is 6.58. The van der Waals surface area contributed by atoms with Crippen molar-refractivity contribution in [2.24, 2.45) is 0 Å². The number of carbonyl (C=O) groups is 1. The molecule has 0 bridgehead atoms. The van der Waals surface area contributed by atoms with E-state index in [1.165, 1.54) is 27.8 Å². The summed E-state index contributed by atoms with van der Waals surface area (Å²) in [6, 6.07) is 13.4. The van der Waals surface area contributed by atoms with Gasteiger partial charge in [-0.3, -0.25) is 4.79 Å². The van der Waals surface area contributed by atoms with Crippen LogP contribution in [0.5, 0.6) is 0 Å². The molecule has 1 nitrogen and oxygen atoms in total. The molecule has 1 aliphatic carbocycles. The molecule has 0 radical (unpaired) electrons. The minimum Gasteiger partial charge on any atom is -0.298 e. The average Bonchev–Trinajstić information content (AvgIpc) is 2.87. The minimum absolute atomic E-state index is 0.0244. The fourth-order valence-corrected chi connectivity index (χ4v) is 4.24. The van der Waals surface area contributed by atoms with Crippen LogP contribution in [0.1, 0.15) is 102 Å². The molecule has 1 aliphatic rings. The first kappa shape index (κ1) is 20.8. The van der Waals surface area contributed by atoms with Gasteiger partial charge in [0.1, 0.15) is 5.78 Å². The SMILES string of the molecule is CC(C)(C)c1ccc(C2C(=O)Cc3c2cc(C(C)(C)C)cc3C(C)(C)C)cc1. The van der Waals surface area contributed by atoms with Gasteiger partial charge in [0.15, 0.2) is 0 Å². The number of benzene rings is 2. The lowest BCUT2D eigenvalue weighted by molar-refractivity contribution is -0.118. The summed E-state index contributed by atoms with van der Waals surface area (Å²) in [5.41, 5.74) is 7.77. The number of Topliss-reactive ketones (excluding diaryl/α,β-unsaturated/α-hetero) is 1. The molecule has 0 fully saturated rings. The highest BCUT2D eigenvalue weighted by atomic mass is 16.1. The van der Waals surface area contributed by atoms with Crippen LogP contribution in [0.4, 0.5) is 0 Å².